The van der Waals surface area contributed by atoms with Crippen molar-refractivity contribution in [2.24, 2.45) is 0 Å². The Balaban J connectivity index is 2.23. The first kappa shape index (κ1) is 28.2. The molecular weight excluding hydrogens is 605 g/mol. The monoisotopic (exact) mass is 627 g/mol. The molecule has 194 valence electrons. The molecular formula is C25H21N3O9Sn. The number of benzene rings is 3. The van der Waals surface area contributed by atoms with E-state index < -0.39 is 44.5 Å². The average molecular weight is 626 g/mol. The Morgan fingerprint density at radius 3 is 1.05 bits per heavy atom. The molecule has 0 unspecified atom stereocenters. The Labute approximate surface area is 219 Å². The SMILES string of the molecule is CCC[CH2][Sn]([C](=O)c1ccc([N+](=O)[O-])cc1)([C](=O)c1ccc([N+](=O)[O-])cc1)[C](=O)c1ccc([N+](=O)[O-])cc1. The maximum absolute atomic E-state index is 14.1. The van der Waals surface area contributed by atoms with Gasteiger partial charge in [-0.1, -0.05) is 0 Å². The van der Waals surface area contributed by atoms with E-state index in [1.807, 2.05) is 6.92 Å². The summed E-state index contributed by atoms with van der Waals surface area (Å²) in [5.41, 5.74) is -0.938. The fraction of sp³-hybridized carbons (Fsp3) is 0.160. The summed E-state index contributed by atoms with van der Waals surface area (Å²) in [6, 6.07) is 13.8. The van der Waals surface area contributed by atoms with Gasteiger partial charge in [-0.25, -0.2) is 0 Å². The number of rotatable bonds is 12. The molecule has 0 heterocycles. The first-order chi connectivity index (χ1) is 18.0. The number of nitro groups is 3. The second-order valence-corrected chi connectivity index (χ2v) is 18.9. The molecule has 0 aliphatic rings. The van der Waals surface area contributed by atoms with Crippen LogP contribution < -0.4 is 0 Å². The van der Waals surface area contributed by atoms with Gasteiger partial charge in [0, 0.05) is 0 Å². The average Bonchev–Trinajstić information content (AvgIpc) is 2.93. The number of nitro benzene ring substituents is 3. The van der Waals surface area contributed by atoms with E-state index >= 15 is 0 Å². The van der Waals surface area contributed by atoms with E-state index in [9.17, 15) is 44.7 Å². The van der Waals surface area contributed by atoms with Gasteiger partial charge in [0.15, 0.2) is 0 Å². The summed E-state index contributed by atoms with van der Waals surface area (Å²) in [5, 5.41) is 33.3. The van der Waals surface area contributed by atoms with Crippen molar-refractivity contribution < 1.29 is 29.2 Å². The Morgan fingerprint density at radius 2 is 0.842 bits per heavy atom. The number of non-ortho nitro benzene ring substituents is 3. The van der Waals surface area contributed by atoms with Gasteiger partial charge in [0.2, 0.25) is 0 Å². The number of carbonyl (C=O) groups is 3. The van der Waals surface area contributed by atoms with Gasteiger partial charge in [-0.05, 0) is 0 Å². The molecule has 0 N–H and O–H groups in total. The minimum atomic E-state index is -5.47. The Morgan fingerprint density at radius 1 is 0.579 bits per heavy atom. The maximum atomic E-state index is 14.1. The van der Waals surface area contributed by atoms with Gasteiger partial charge in [0.05, 0.1) is 0 Å². The fourth-order valence-corrected chi connectivity index (χ4v) is 15.9. The zero-order valence-electron chi connectivity index (χ0n) is 20.1. The van der Waals surface area contributed by atoms with E-state index in [-0.39, 0.29) is 38.2 Å². The van der Waals surface area contributed by atoms with Crippen LogP contribution >= 0.6 is 0 Å². The van der Waals surface area contributed by atoms with Gasteiger partial charge in [-0.2, -0.15) is 0 Å². The van der Waals surface area contributed by atoms with Crippen molar-refractivity contribution in [3.63, 3.8) is 0 Å². The van der Waals surface area contributed by atoms with Crippen molar-refractivity contribution in [1.82, 2.24) is 0 Å². The molecule has 38 heavy (non-hydrogen) atoms. The molecule has 0 spiro atoms. The first-order valence-corrected chi connectivity index (χ1v) is 17.7. The third kappa shape index (κ3) is 5.64. The Kier molecular flexibility index (Phi) is 8.78. The van der Waals surface area contributed by atoms with Crippen LogP contribution in [-0.4, -0.2) is 44.5 Å². The molecule has 0 aromatic heterocycles. The molecule has 0 fully saturated rings. The van der Waals surface area contributed by atoms with Gasteiger partial charge in [-0.3, -0.25) is 0 Å². The fourth-order valence-electron chi connectivity index (χ4n) is 4.03. The molecule has 0 saturated carbocycles. The number of hydrogen-bond donors (Lipinski definition) is 0. The molecule has 3 aromatic rings. The van der Waals surface area contributed by atoms with Gasteiger partial charge in [0.25, 0.3) is 0 Å². The summed E-state index contributed by atoms with van der Waals surface area (Å²) in [7, 11) is 0. The standard InChI is InChI=1S/3C7H4NO3.C4H9.Sn/c3*9-5-6-1-3-7(4-2-6)8(10)11;1-3-4-2;/h3*1-4H;1,3-4H2,2H3;. The predicted octanol–water partition coefficient (Wildman–Crippen LogP) is 5.23. The second kappa shape index (κ2) is 11.8. The zero-order valence-corrected chi connectivity index (χ0v) is 22.9. The topological polar surface area (TPSA) is 181 Å². The van der Waals surface area contributed by atoms with Crippen LogP contribution in [0.15, 0.2) is 72.8 Å². The Bertz CT molecular complexity index is 1250. The molecule has 0 aliphatic heterocycles. The van der Waals surface area contributed by atoms with E-state index in [0.29, 0.717) is 12.8 Å². The molecule has 13 heteroatoms. The van der Waals surface area contributed by atoms with Crippen molar-refractivity contribution in [3.05, 3.63) is 120 Å². The number of hydrogen-bond acceptors (Lipinski definition) is 9. The quantitative estimate of drug-likeness (QED) is 0.148. The van der Waals surface area contributed by atoms with E-state index in [0.717, 1.165) is 36.4 Å². The second-order valence-electron chi connectivity index (χ2n) is 8.41. The summed E-state index contributed by atoms with van der Waals surface area (Å²) in [4.78, 5) is 73.6. The van der Waals surface area contributed by atoms with Crippen LogP contribution in [0.1, 0.15) is 50.8 Å². The van der Waals surface area contributed by atoms with Crippen LogP contribution in [0, 0.1) is 30.3 Å². The normalized spacial score (nSPS) is 11.0. The van der Waals surface area contributed by atoms with Crippen LogP contribution in [0.2, 0.25) is 4.44 Å². The summed E-state index contributed by atoms with van der Waals surface area (Å²) in [6.45, 7) is 1.82. The van der Waals surface area contributed by atoms with Crippen molar-refractivity contribution in [2.45, 2.75) is 24.2 Å². The van der Waals surface area contributed by atoms with Crippen molar-refractivity contribution >= 4 is 46.8 Å². The molecule has 3 aromatic carbocycles. The van der Waals surface area contributed by atoms with E-state index in [1.54, 1.807) is 0 Å². The summed E-state index contributed by atoms with van der Waals surface area (Å²) in [5.74, 6) is 0. The molecule has 0 radical (unpaired) electrons. The van der Waals surface area contributed by atoms with E-state index in [4.69, 9.17) is 0 Å². The van der Waals surface area contributed by atoms with Gasteiger partial charge in [0.1, 0.15) is 0 Å². The van der Waals surface area contributed by atoms with Crippen LogP contribution in [0.5, 0.6) is 0 Å². The third-order valence-electron chi connectivity index (χ3n) is 6.09. The van der Waals surface area contributed by atoms with Gasteiger partial charge in [-0.15, -0.1) is 0 Å². The van der Waals surface area contributed by atoms with Crippen molar-refractivity contribution in [3.8, 4) is 0 Å². The molecule has 3 rings (SSSR count). The van der Waals surface area contributed by atoms with Crippen LogP contribution in [0.4, 0.5) is 17.1 Å². The number of unbranched alkanes of at least 4 members (excludes halogenated alkanes) is 1. The summed E-state index contributed by atoms with van der Waals surface area (Å²) >= 11 is -5.47. The van der Waals surface area contributed by atoms with Crippen LogP contribution in [-0.2, 0) is 0 Å². The van der Waals surface area contributed by atoms with E-state index in [2.05, 4.69) is 0 Å². The molecule has 0 aliphatic carbocycles. The van der Waals surface area contributed by atoms with Gasteiger partial charge >= 0.3 is 220 Å². The molecule has 0 bridgehead atoms. The molecule has 0 atom stereocenters. The third-order valence-corrected chi connectivity index (χ3v) is 18.3. The summed E-state index contributed by atoms with van der Waals surface area (Å²) < 4.78 is -2.12. The molecule has 12 nitrogen and oxygen atoms in total. The van der Waals surface area contributed by atoms with Crippen molar-refractivity contribution in [2.75, 3.05) is 0 Å². The van der Waals surface area contributed by atoms with Crippen LogP contribution in [0.25, 0.3) is 0 Å². The zero-order chi connectivity index (χ0) is 28.0. The number of carbonyl (C=O) groups excluding carboxylic acids is 3. The predicted molar refractivity (Wildman–Crippen MR) is 138 cm³/mol. The molecule has 0 amide bonds. The van der Waals surface area contributed by atoms with Crippen molar-refractivity contribution in [1.29, 1.82) is 0 Å². The number of nitrogens with zero attached hydrogens (tertiary/aromatic N) is 3. The van der Waals surface area contributed by atoms with E-state index in [1.165, 1.54) is 36.4 Å². The summed E-state index contributed by atoms with van der Waals surface area (Å²) in [6.07, 6.45) is 0.902. The molecule has 0 saturated heterocycles. The Hall–Kier alpha value is -4.33. The van der Waals surface area contributed by atoms with Crippen LogP contribution in [0.3, 0.4) is 0 Å². The minimum absolute atomic E-state index is 0.0212. The first-order valence-electron chi connectivity index (χ1n) is 11.4. The van der Waals surface area contributed by atoms with Gasteiger partial charge < -0.3 is 0 Å².